The highest BCUT2D eigenvalue weighted by Gasteiger charge is 2.54. The van der Waals surface area contributed by atoms with Crippen LogP contribution in [0.15, 0.2) is 0 Å². The number of aliphatic carboxylic acids is 1. The minimum absolute atomic E-state index is 0.174. The fourth-order valence-electron chi connectivity index (χ4n) is 2.68. The number of carboxylic acid groups (broad SMARTS) is 1. The average Bonchev–Trinajstić information content (AvgIpc) is 2.02. The molecule has 2 bridgehead atoms. The Bertz CT molecular complexity index is 240. The van der Waals surface area contributed by atoms with Crippen molar-refractivity contribution < 1.29 is 18.7 Å². The molecule has 3 saturated carbocycles. The largest absolute Gasteiger partial charge is 0.481 e. The summed E-state index contributed by atoms with van der Waals surface area (Å²) < 4.78 is 26.3. The van der Waals surface area contributed by atoms with E-state index in [2.05, 4.69) is 0 Å². The Morgan fingerprint density at radius 2 is 2.08 bits per heavy atom. The van der Waals surface area contributed by atoms with Crippen LogP contribution in [0.3, 0.4) is 0 Å². The summed E-state index contributed by atoms with van der Waals surface area (Å²) in [5.74, 6) is -4.99. The first kappa shape index (κ1) is 8.91. The molecule has 0 heterocycles. The Morgan fingerprint density at radius 3 is 2.46 bits per heavy atom. The van der Waals surface area contributed by atoms with Crippen LogP contribution in [-0.4, -0.2) is 17.0 Å². The van der Waals surface area contributed by atoms with Gasteiger partial charge in [0.2, 0.25) is 0 Å². The highest BCUT2D eigenvalue weighted by atomic mass is 19.3. The lowest BCUT2D eigenvalue weighted by Gasteiger charge is -2.45. The lowest BCUT2D eigenvalue weighted by atomic mass is 9.63. The Kier molecular flexibility index (Phi) is 1.82. The van der Waals surface area contributed by atoms with E-state index < -0.39 is 23.7 Å². The van der Waals surface area contributed by atoms with Gasteiger partial charge in [-0.05, 0) is 25.2 Å². The van der Waals surface area contributed by atoms with Crippen molar-refractivity contribution in [3.05, 3.63) is 0 Å². The van der Waals surface area contributed by atoms with Crippen molar-refractivity contribution in [1.82, 2.24) is 0 Å². The van der Waals surface area contributed by atoms with E-state index in [1.165, 1.54) is 0 Å². The van der Waals surface area contributed by atoms with Crippen LogP contribution >= 0.6 is 0 Å². The van der Waals surface area contributed by atoms with Gasteiger partial charge < -0.3 is 5.11 Å². The predicted molar refractivity (Wildman–Crippen MR) is 41.5 cm³/mol. The first-order valence-corrected chi connectivity index (χ1v) is 4.61. The summed E-state index contributed by atoms with van der Waals surface area (Å²) in [7, 11) is 0. The van der Waals surface area contributed by atoms with E-state index in [0.717, 1.165) is 0 Å². The molecule has 74 valence electrons. The van der Waals surface area contributed by atoms with Crippen molar-refractivity contribution in [3.8, 4) is 0 Å². The fraction of sp³-hybridized carbons (Fsp3) is 0.889. The molecular weight excluding hydrogens is 178 g/mol. The van der Waals surface area contributed by atoms with Gasteiger partial charge in [-0.2, -0.15) is 0 Å². The summed E-state index contributed by atoms with van der Waals surface area (Å²) in [6.07, 6.45) is 1.13. The molecule has 0 unspecified atom stereocenters. The van der Waals surface area contributed by atoms with Gasteiger partial charge in [0.15, 0.2) is 0 Å². The van der Waals surface area contributed by atoms with Gasteiger partial charge in [0, 0.05) is 12.3 Å². The molecule has 4 heteroatoms. The van der Waals surface area contributed by atoms with Gasteiger partial charge in [0.05, 0.1) is 5.92 Å². The fourth-order valence-corrected chi connectivity index (χ4v) is 2.68. The molecule has 0 saturated heterocycles. The lowest BCUT2D eigenvalue weighted by Crippen LogP contribution is -2.47. The molecule has 3 fully saturated rings. The SMILES string of the molecule is O=C(O)[C@@H]1C[C@H]2CC[C@@H]1CC2(F)F. The molecule has 0 aliphatic heterocycles. The zero-order valence-corrected chi connectivity index (χ0v) is 7.17. The Labute approximate surface area is 74.9 Å². The van der Waals surface area contributed by atoms with Gasteiger partial charge in [0.1, 0.15) is 0 Å². The Morgan fingerprint density at radius 1 is 1.38 bits per heavy atom. The molecule has 0 aromatic heterocycles. The van der Waals surface area contributed by atoms with Crippen molar-refractivity contribution in [2.45, 2.75) is 31.6 Å². The second-order valence-corrected chi connectivity index (χ2v) is 4.18. The molecule has 0 amide bonds. The second-order valence-electron chi connectivity index (χ2n) is 4.18. The number of carboxylic acids is 1. The van der Waals surface area contributed by atoms with Gasteiger partial charge in [-0.1, -0.05) is 0 Å². The summed E-state index contributed by atoms with van der Waals surface area (Å²) >= 11 is 0. The van der Waals surface area contributed by atoms with Crippen LogP contribution in [0.5, 0.6) is 0 Å². The number of alkyl halides is 2. The Hall–Kier alpha value is -0.670. The summed E-state index contributed by atoms with van der Waals surface area (Å²) in [6.45, 7) is 0. The number of hydrogen-bond donors (Lipinski definition) is 1. The number of rotatable bonds is 1. The molecule has 0 aromatic rings. The number of hydrogen-bond acceptors (Lipinski definition) is 1. The minimum Gasteiger partial charge on any atom is -0.481 e. The van der Waals surface area contributed by atoms with Crippen LogP contribution in [0.2, 0.25) is 0 Å². The van der Waals surface area contributed by atoms with E-state index in [9.17, 15) is 13.6 Å². The smallest absolute Gasteiger partial charge is 0.306 e. The maximum Gasteiger partial charge on any atom is 0.306 e. The van der Waals surface area contributed by atoms with E-state index in [-0.39, 0.29) is 18.8 Å². The van der Waals surface area contributed by atoms with Crippen LogP contribution in [0.25, 0.3) is 0 Å². The monoisotopic (exact) mass is 190 g/mol. The zero-order valence-electron chi connectivity index (χ0n) is 7.17. The molecule has 0 aromatic carbocycles. The zero-order chi connectivity index (χ0) is 9.64. The topological polar surface area (TPSA) is 37.3 Å². The normalized spacial score (nSPS) is 41.8. The third-order valence-corrected chi connectivity index (χ3v) is 3.44. The maximum absolute atomic E-state index is 13.1. The van der Waals surface area contributed by atoms with Crippen molar-refractivity contribution >= 4 is 5.97 Å². The van der Waals surface area contributed by atoms with Crippen molar-refractivity contribution in [2.75, 3.05) is 0 Å². The first-order valence-electron chi connectivity index (χ1n) is 4.61. The van der Waals surface area contributed by atoms with Gasteiger partial charge in [0.25, 0.3) is 5.92 Å². The minimum atomic E-state index is -2.60. The number of carbonyl (C=O) groups is 1. The molecule has 0 spiro atoms. The van der Waals surface area contributed by atoms with Gasteiger partial charge in [-0.3, -0.25) is 4.79 Å². The van der Waals surface area contributed by atoms with E-state index in [0.29, 0.717) is 12.8 Å². The third kappa shape index (κ3) is 1.32. The summed E-state index contributed by atoms with van der Waals surface area (Å²) in [5, 5.41) is 8.79. The number of halogens is 2. The second kappa shape index (κ2) is 2.66. The Balaban J connectivity index is 2.16. The molecule has 3 aliphatic carbocycles. The van der Waals surface area contributed by atoms with Crippen LogP contribution in [0.1, 0.15) is 25.7 Å². The van der Waals surface area contributed by atoms with Crippen molar-refractivity contribution in [1.29, 1.82) is 0 Å². The van der Waals surface area contributed by atoms with Crippen molar-refractivity contribution in [3.63, 3.8) is 0 Å². The highest BCUT2D eigenvalue weighted by molar-refractivity contribution is 5.70. The molecular formula is C9H12F2O2. The first-order chi connectivity index (χ1) is 6.00. The molecule has 3 rings (SSSR count). The molecule has 0 radical (unpaired) electrons. The van der Waals surface area contributed by atoms with Crippen LogP contribution in [0.4, 0.5) is 8.78 Å². The van der Waals surface area contributed by atoms with Gasteiger partial charge in [-0.25, -0.2) is 8.78 Å². The lowest BCUT2D eigenvalue weighted by molar-refractivity contribution is -0.171. The molecule has 3 atom stereocenters. The van der Waals surface area contributed by atoms with E-state index in [1.54, 1.807) is 0 Å². The molecule has 2 nitrogen and oxygen atoms in total. The number of fused-ring (bicyclic) bond motifs is 3. The quantitative estimate of drug-likeness (QED) is 0.687. The molecule has 13 heavy (non-hydrogen) atoms. The van der Waals surface area contributed by atoms with E-state index in [4.69, 9.17) is 5.11 Å². The van der Waals surface area contributed by atoms with E-state index in [1.807, 2.05) is 0 Å². The van der Waals surface area contributed by atoms with Crippen LogP contribution < -0.4 is 0 Å². The summed E-state index contributed by atoms with van der Waals surface area (Å²) in [5.41, 5.74) is 0. The maximum atomic E-state index is 13.1. The van der Waals surface area contributed by atoms with E-state index >= 15 is 0 Å². The molecule has 1 N–H and O–H groups in total. The highest BCUT2D eigenvalue weighted by Crippen LogP contribution is 2.52. The average molecular weight is 190 g/mol. The third-order valence-electron chi connectivity index (χ3n) is 3.44. The van der Waals surface area contributed by atoms with Gasteiger partial charge in [-0.15, -0.1) is 0 Å². The standard InChI is InChI=1S/C9H12F2O2/c10-9(11)4-5-1-2-6(9)3-7(5)8(12)13/h5-7H,1-4H2,(H,12,13)/t5-,6-,7-/m1/s1. The predicted octanol–water partition coefficient (Wildman–Crippen LogP) is 2.14. The summed E-state index contributed by atoms with van der Waals surface area (Å²) in [4.78, 5) is 10.7. The van der Waals surface area contributed by atoms with Crippen LogP contribution in [0, 0.1) is 17.8 Å². The summed E-state index contributed by atoms with van der Waals surface area (Å²) in [6, 6.07) is 0. The van der Waals surface area contributed by atoms with Gasteiger partial charge >= 0.3 is 5.97 Å². The molecule has 3 aliphatic rings. The van der Waals surface area contributed by atoms with Crippen molar-refractivity contribution in [2.24, 2.45) is 17.8 Å². The van der Waals surface area contributed by atoms with Crippen LogP contribution in [-0.2, 0) is 4.79 Å².